The maximum atomic E-state index is 12.5. The maximum absolute atomic E-state index is 12.5. The number of likely N-dealkylation sites (N-methyl/N-ethyl adjacent to an activating group) is 1. The van der Waals surface area contributed by atoms with E-state index in [1.54, 1.807) is 11.0 Å². The van der Waals surface area contributed by atoms with E-state index in [-0.39, 0.29) is 11.8 Å². The summed E-state index contributed by atoms with van der Waals surface area (Å²) in [6.45, 7) is 8.95. The minimum absolute atomic E-state index is 0.00944. The highest BCUT2D eigenvalue weighted by Crippen LogP contribution is 2.24. The van der Waals surface area contributed by atoms with Crippen LogP contribution in [0.1, 0.15) is 36.2 Å². The lowest BCUT2D eigenvalue weighted by molar-refractivity contribution is -0.116. The van der Waals surface area contributed by atoms with Crippen LogP contribution in [0.5, 0.6) is 0 Å². The van der Waals surface area contributed by atoms with Gasteiger partial charge in [0.25, 0.3) is 5.91 Å². The van der Waals surface area contributed by atoms with Gasteiger partial charge in [0.1, 0.15) is 0 Å². The van der Waals surface area contributed by atoms with Gasteiger partial charge in [0, 0.05) is 30.8 Å². The van der Waals surface area contributed by atoms with Gasteiger partial charge < -0.3 is 10.2 Å². The van der Waals surface area contributed by atoms with Crippen molar-refractivity contribution in [2.75, 3.05) is 18.4 Å². The van der Waals surface area contributed by atoms with Crippen LogP contribution < -0.4 is 5.32 Å². The summed E-state index contributed by atoms with van der Waals surface area (Å²) in [5.41, 5.74) is 3.48. The third-order valence-corrected chi connectivity index (χ3v) is 3.38. The molecule has 0 bridgehead atoms. The Morgan fingerprint density at radius 3 is 2.80 bits per heavy atom. The Bertz CT molecular complexity index is 564. The third kappa shape index (κ3) is 3.07. The van der Waals surface area contributed by atoms with Crippen LogP contribution in [0.4, 0.5) is 5.69 Å². The smallest absolute Gasteiger partial charge is 0.254 e. The number of rotatable bonds is 4. The highest BCUT2D eigenvalue weighted by molar-refractivity contribution is 5.98. The molecule has 1 heterocycles. The van der Waals surface area contributed by atoms with Crippen molar-refractivity contribution in [3.05, 3.63) is 41.5 Å². The summed E-state index contributed by atoms with van der Waals surface area (Å²) in [6.07, 6.45) is 1.17. The molecule has 1 aromatic rings. The van der Waals surface area contributed by atoms with Crippen LogP contribution in [0.2, 0.25) is 0 Å². The average molecular weight is 272 g/mol. The Balaban J connectivity index is 2.22. The molecule has 0 spiro atoms. The van der Waals surface area contributed by atoms with E-state index in [1.165, 1.54) is 0 Å². The van der Waals surface area contributed by atoms with Crippen LogP contribution in [0, 0.1) is 0 Å². The van der Waals surface area contributed by atoms with Gasteiger partial charge in [0.2, 0.25) is 5.91 Å². The molecule has 1 aliphatic rings. The molecule has 1 N–H and O–H groups in total. The lowest BCUT2D eigenvalue weighted by Crippen LogP contribution is -2.32. The molecular formula is C16H20N2O2. The van der Waals surface area contributed by atoms with Gasteiger partial charge in [0.15, 0.2) is 0 Å². The molecule has 0 saturated carbocycles. The van der Waals surface area contributed by atoms with Crippen LogP contribution >= 0.6 is 0 Å². The van der Waals surface area contributed by atoms with E-state index in [0.29, 0.717) is 31.5 Å². The van der Waals surface area contributed by atoms with Gasteiger partial charge in [-0.3, -0.25) is 9.59 Å². The number of hydrogen-bond donors (Lipinski definition) is 1. The van der Waals surface area contributed by atoms with E-state index < -0.39 is 0 Å². The molecule has 4 heteroatoms. The molecule has 0 fully saturated rings. The van der Waals surface area contributed by atoms with Crippen LogP contribution in [-0.4, -0.2) is 29.8 Å². The van der Waals surface area contributed by atoms with Gasteiger partial charge >= 0.3 is 0 Å². The summed E-state index contributed by atoms with van der Waals surface area (Å²) >= 11 is 0. The van der Waals surface area contributed by atoms with E-state index in [4.69, 9.17) is 0 Å². The van der Waals surface area contributed by atoms with Gasteiger partial charge in [-0.15, -0.1) is 0 Å². The molecule has 2 amide bonds. The highest BCUT2D eigenvalue weighted by atomic mass is 16.2. The summed E-state index contributed by atoms with van der Waals surface area (Å²) in [7, 11) is 0. The number of amides is 2. The van der Waals surface area contributed by atoms with Gasteiger partial charge in [-0.05, 0) is 44.0 Å². The fourth-order valence-electron chi connectivity index (χ4n) is 2.35. The predicted octanol–water partition coefficient (Wildman–Crippen LogP) is 2.61. The van der Waals surface area contributed by atoms with E-state index in [9.17, 15) is 9.59 Å². The molecule has 1 aliphatic heterocycles. The molecule has 0 saturated heterocycles. The molecule has 0 unspecified atom stereocenters. The number of nitrogens with zero attached hydrogens (tertiary/aromatic N) is 1. The molecule has 0 radical (unpaired) electrons. The summed E-state index contributed by atoms with van der Waals surface area (Å²) in [4.78, 5) is 25.6. The lowest BCUT2D eigenvalue weighted by atomic mass is 10.00. The Labute approximate surface area is 119 Å². The van der Waals surface area contributed by atoms with Crippen molar-refractivity contribution in [2.45, 2.75) is 26.7 Å². The first-order chi connectivity index (χ1) is 9.51. The largest absolute Gasteiger partial charge is 0.335 e. The molecule has 1 aromatic carbocycles. The van der Waals surface area contributed by atoms with E-state index in [2.05, 4.69) is 11.9 Å². The van der Waals surface area contributed by atoms with Crippen molar-refractivity contribution < 1.29 is 9.59 Å². The maximum Gasteiger partial charge on any atom is 0.254 e. The molecule has 0 atom stereocenters. The standard InChI is InChI=1S/C16H20N2O2/c1-4-18(10-11(2)3)16(20)13-5-7-14-12(9-13)6-8-15(19)17-14/h5,7,9H,2,4,6,8,10H2,1,3H3,(H,17,19). The fraction of sp³-hybridized carbons (Fsp3) is 0.375. The molecule has 2 rings (SSSR count). The number of aryl methyl sites for hydroxylation is 1. The van der Waals surface area contributed by atoms with Gasteiger partial charge in [-0.1, -0.05) is 12.2 Å². The predicted molar refractivity (Wildman–Crippen MR) is 79.8 cm³/mol. The van der Waals surface area contributed by atoms with Crippen molar-refractivity contribution in [1.82, 2.24) is 4.90 Å². The van der Waals surface area contributed by atoms with Crippen LogP contribution in [0.25, 0.3) is 0 Å². The zero-order valence-corrected chi connectivity index (χ0v) is 12.0. The van der Waals surface area contributed by atoms with E-state index in [1.807, 2.05) is 26.0 Å². The van der Waals surface area contributed by atoms with Crippen molar-refractivity contribution in [3.63, 3.8) is 0 Å². The van der Waals surface area contributed by atoms with Crippen molar-refractivity contribution in [1.29, 1.82) is 0 Å². The zero-order chi connectivity index (χ0) is 14.7. The number of carbonyl (C=O) groups is 2. The van der Waals surface area contributed by atoms with Crippen molar-refractivity contribution in [3.8, 4) is 0 Å². The number of anilines is 1. The monoisotopic (exact) mass is 272 g/mol. The minimum atomic E-state index is 0.00944. The van der Waals surface area contributed by atoms with E-state index in [0.717, 1.165) is 16.8 Å². The van der Waals surface area contributed by atoms with Crippen LogP contribution in [-0.2, 0) is 11.2 Å². The summed E-state index contributed by atoms with van der Waals surface area (Å²) in [5, 5.41) is 2.82. The number of carbonyl (C=O) groups excluding carboxylic acids is 2. The number of fused-ring (bicyclic) bond motifs is 1. The quantitative estimate of drug-likeness (QED) is 0.857. The molecule has 0 aromatic heterocycles. The second-order valence-electron chi connectivity index (χ2n) is 5.20. The number of nitrogens with one attached hydrogen (secondary N) is 1. The fourth-order valence-corrected chi connectivity index (χ4v) is 2.35. The van der Waals surface area contributed by atoms with Crippen molar-refractivity contribution >= 4 is 17.5 Å². The highest BCUT2D eigenvalue weighted by Gasteiger charge is 2.19. The van der Waals surface area contributed by atoms with Crippen LogP contribution in [0.3, 0.4) is 0 Å². The third-order valence-electron chi connectivity index (χ3n) is 3.38. The van der Waals surface area contributed by atoms with E-state index >= 15 is 0 Å². The minimum Gasteiger partial charge on any atom is -0.335 e. The Kier molecular flexibility index (Phi) is 4.23. The molecule has 106 valence electrons. The molecule has 20 heavy (non-hydrogen) atoms. The van der Waals surface area contributed by atoms with Gasteiger partial charge in [0.05, 0.1) is 0 Å². The lowest BCUT2D eigenvalue weighted by Gasteiger charge is -2.22. The number of hydrogen-bond acceptors (Lipinski definition) is 2. The summed E-state index contributed by atoms with van der Waals surface area (Å²) < 4.78 is 0. The Morgan fingerprint density at radius 1 is 1.40 bits per heavy atom. The van der Waals surface area contributed by atoms with Crippen molar-refractivity contribution in [2.24, 2.45) is 0 Å². The molecule has 4 nitrogen and oxygen atoms in total. The number of benzene rings is 1. The first-order valence-corrected chi connectivity index (χ1v) is 6.87. The SMILES string of the molecule is C=C(C)CN(CC)C(=O)c1ccc2c(c1)CCC(=O)N2. The topological polar surface area (TPSA) is 49.4 Å². The van der Waals surface area contributed by atoms with Crippen LogP contribution in [0.15, 0.2) is 30.4 Å². The Hall–Kier alpha value is -2.10. The van der Waals surface area contributed by atoms with Gasteiger partial charge in [-0.2, -0.15) is 0 Å². The average Bonchev–Trinajstić information content (AvgIpc) is 2.43. The van der Waals surface area contributed by atoms with Gasteiger partial charge in [-0.25, -0.2) is 0 Å². The second-order valence-corrected chi connectivity index (χ2v) is 5.20. The first kappa shape index (κ1) is 14.3. The Morgan fingerprint density at radius 2 is 2.15 bits per heavy atom. The first-order valence-electron chi connectivity index (χ1n) is 6.87. The normalized spacial score (nSPS) is 13.4. The summed E-state index contributed by atoms with van der Waals surface area (Å²) in [5.74, 6) is 0.0456. The molecular weight excluding hydrogens is 252 g/mol. The zero-order valence-electron chi connectivity index (χ0n) is 12.0. The second kappa shape index (κ2) is 5.90. The summed E-state index contributed by atoms with van der Waals surface area (Å²) in [6, 6.07) is 5.47. The molecule has 0 aliphatic carbocycles.